The standard InChI is InChI=1S/C18H20N4O3S/c23-15(11-20-16(24)13-5-2-1-3-6-13)22-9-4-7-14(12-22)17(25)21-18-19-8-10-26-18/h1-3,5-6,8,10,14H,4,7,9,11-12H2,(H,20,24)(H,19,21,25). The summed E-state index contributed by atoms with van der Waals surface area (Å²) in [5.41, 5.74) is 0.514. The fraction of sp³-hybridized carbons (Fsp3) is 0.333. The zero-order valence-corrected chi connectivity index (χ0v) is 15.0. The molecule has 3 amide bonds. The molecule has 8 heteroatoms. The number of carbonyl (C=O) groups excluding carboxylic acids is 3. The number of nitrogens with one attached hydrogen (secondary N) is 2. The quantitative estimate of drug-likeness (QED) is 0.836. The van der Waals surface area contributed by atoms with Crippen molar-refractivity contribution in [1.29, 1.82) is 0 Å². The smallest absolute Gasteiger partial charge is 0.251 e. The second-order valence-electron chi connectivity index (χ2n) is 6.05. The predicted molar refractivity (Wildman–Crippen MR) is 98.8 cm³/mol. The number of benzene rings is 1. The summed E-state index contributed by atoms with van der Waals surface area (Å²) in [5.74, 6) is -0.845. The Bertz CT molecular complexity index is 764. The molecule has 1 aromatic carbocycles. The molecule has 0 spiro atoms. The minimum absolute atomic E-state index is 0.0749. The van der Waals surface area contributed by atoms with E-state index in [0.29, 0.717) is 23.8 Å². The molecular weight excluding hydrogens is 352 g/mol. The third-order valence-corrected chi connectivity index (χ3v) is 4.93. The Morgan fingerprint density at radius 3 is 2.77 bits per heavy atom. The van der Waals surface area contributed by atoms with Gasteiger partial charge in [0.25, 0.3) is 5.91 Å². The normalized spacial score (nSPS) is 16.8. The number of nitrogens with zero attached hydrogens (tertiary/aromatic N) is 2. The van der Waals surface area contributed by atoms with E-state index in [2.05, 4.69) is 15.6 Å². The maximum Gasteiger partial charge on any atom is 0.251 e. The molecule has 136 valence electrons. The molecule has 0 saturated carbocycles. The molecule has 1 saturated heterocycles. The van der Waals surface area contributed by atoms with E-state index in [4.69, 9.17) is 0 Å². The lowest BCUT2D eigenvalue weighted by molar-refractivity contribution is -0.133. The van der Waals surface area contributed by atoms with Crippen LogP contribution in [-0.2, 0) is 9.59 Å². The van der Waals surface area contributed by atoms with Crippen LogP contribution in [0.1, 0.15) is 23.2 Å². The molecule has 3 rings (SSSR count). The molecule has 2 aromatic rings. The van der Waals surface area contributed by atoms with E-state index in [1.807, 2.05) is 6.07 Å². The van der Waals surface area contributed by atoms with E-state index in [1.54, 1.807) is 40.7 Å². The van der Waals surface area contributed by atoms with Crippen molar-refractivity contribution < 1.29 is 14.4 Å². The summed E-state index contributed by atoms with van der Waals surface area (Å²) >= 11 is 1.36. The molecule has 1 atom stereocenters. The molecule has 1 aromatic heterocycles. The van der Waals surface area contributed by atoms with E-state index in [1.165, 1.54) is 11.3 Å². The second kappa shape index (κ2) is 8.57. The van der Waals surface area contributed by atoms with Crippen LogP contribution in [0.25, 0.3) is 0 Å². The highest BCUT2D eigenvalue weighted by Crippen LogP contribution is 2.19. The van der Waals surface area contributed by atoms with Gasteiger partial charge in [-0.25, -0.2) is 4.98 Å². The summed E-state index contributed by atoms with van der Waals surface area (Å²) in [4.78, 5) is 42.4. The van der Waals surface area contributed by atoms with Gasteiger partial charge in [0.1, 0.15) is 0 Å². The third-order valence-electron chi connectivity index (χ3n) is 4.24. The average molecular weight is 372 g/mol. The van der Waals surface area contributed by atoms with E-state index >= 15 is 0 Å². The molecule has 1 fully saturated rings. The fourth-order valence-corrected chi connectivity index (χ4v) is 3.40. The lowest BCUT2D eigenvalue weighted by atomic mass is 9.97. The number of carbonyl (C=O) groups is 3. The largest absolute Gasteiger partial charge is 0.343 e. The number of piperidine rings is 1. The van der Waals surface area contributed by atoms with Crippen molar-refractivity contribution in [3.63, 3.8) is 0 Å². The number of amides is 3. The molecule has 7 nitrogen and oxygen atoms in total. The maximum atomic E-state index is 12.4. The summed E-state index contributed by atoms with van der Waals surface area (Å²) in [6, 6.07) is 8.76. The molecule has 0 radical (unpaired) electrons. The number of hydrogen-bond acceptors (Lipinski definition) is 5. The minimum atomic E-state index is -0.283. The summed E-state index contributed by atoms with van der Waals surface area (Å²) in [5, 5.41) is 7.78. The molecule has 1 unspecified atom stereocenters. The van der Waals surface area contributed by atoms with Gasteiger partial charge in [0.15, 0.2) is 5.13 Å². The van der Waals surface area contributed by atoms with Crippen molar-refractivity contribution in [2.45, 2.75) is 12.8 Å². The van der Waals surface area contributed by atoms with E-state index in [9.17, 15) is 14.4 Å². The van der Waals surface area contributed by atoms with Crippen LogP contribution in [0.5, 0.6) is 0 Å². The summed E-state index contributed by atoms with van der Waals surface area (Å²) < 4.78 is 0. The molecule has 1 aliphatic heterocycles. The van der Waals surface area contributed by atoms with Crippen LogP contribution in [0.2, 0.25) is 0 Å². The van der Waals surface area contributed by atoms with Crippen LogP contribution >= 0.6 is 11.3 Å². The maximum absolute atomic E-state index is 12.4. The summed E-state index contributed by atoms with van der Waals surface area (Å²) in [6.45, 7) is 0.882. The Kier molecular flexibility index (Phi) is 5.96. The Labute approximate surface area is 155 Å². The van der Waals surface area contributed by atoms with Crippen LogP contribution in [0.15, 0.2) is 41.9 Å². The average Bonchev–Trinajstić information content (AvgIpc) is 3.19. The highest BCUT2D eigenvalue weighted by atomic mass is 32.1. The van der Waals surface area contributed by atoms with Crippen molar-refractivity contribution in [2.24, 2.45) is 5.92 Å². The van der Waals surface area contributed by atoms with Gasteiger partial charge in [-0.2, -0.15) is 0 Å². The third kappa shape index (κ3) is 4.66. The van der Waals surface area contributed by atoms with Crippen LogP contribution in [0, 0.1) is 5.92 Å². The Morgan fingerprint density at radius 2 is 2.04 bits per heavy atom. The van der Waals surface area contributed by atoms with Gasteiger partial charge in [-0.3, -0.25) is 14.4 Å². The molecule has 2 heterocycles. The van der Waals surface area contributed by atoms with Crippen molar-refractivity contribution in [3.8, 4) is 0 Å². The zero-order valence-electron chi connectivity index (χ0n) is 14.2. The first kappa shape index (κ1) is 18.1. The van der Waals surface area contributed by atoms with Gasteiger partial charge in [0, 0.05) is 30.2 Å². The van der Waals surface area contributed by atoms with Gasteiger partial charge in [-0.15, -0.1) is 11.3 Å². The SMILES string of the molecule is O=C(NCC(=O)N1CCCC(C(=O)Nc2nccs2)C1)c1ccccc1. The Morgan fingerprint density at radius 1 is 1.23 bits per heavy atom. The summed E-state index contributed by atoms with van der Waals surface area (Å²) in [6.07, 6.45) is 3.12. The zero-order chi connectivity index (χ0) is 18.4. The van der Waals surface area contributed by atoms with Crippen LogP contribution in [0.4, 0.5) is 5.13 Å². The van der Waals surface area contributed by atoms with Gasteiger partial charge in [0.05, 0.1) is 12.5 Å². The summed E-state index contributed by atoms with van der Waals surface area (Å²) in [7, 11) is 0. The van der Waals surface area contributed by atoms with Gasteiger partial charge in [-0.05, 0) is 25.0 Å². The Balaban J connectivity index is 1.49. The van der Waals surface area contributed by atoms with Crippen molar-refractivity contribution in [3.05, 3.63) is 47.5 Å². The van der Waals surface area contributed by atoms with Crippen LogP contribution in [-0.4, -0.2) is 47.2 Å². The lowest BCUT2D eigenvalue weighted by Gasteiger charge is -2.32. The van der Waals surface area contributed by atoms with Gasteiger partial charge >= 0.3 is 0 Å². The number of hydrogen-bond donors (Lipinski definition) is 2. The minimum Gasteiger partial charge on any atom is -0.343 e. The Hall–Kier alpha value is -2.74. The molecule has 0 aliphatic carbocycles. The number of rotatable bonds is 5. The number of anilines is 1. The van der Waals surface area contributed by atoms with Gasteiger partial charge in [0.2, 0.25) is 11.8 Å². The number of thiazole rings is 1. The fourth-order valence-electron chi connectivity index (χ4n) is 2.87. The molecule has 2 N–H and O–H groups in total. The topological polar surface area (TPSA) is 91.4 Å². The lowest BCUT2D eigenvalue weighted by Crippen LogP contribution is -2.47. The molecular formula is C18H20N4O3S. The van der Waals surface area contributed by atoms with Gasteiger partial charge in [-0.1, -0.05) is 18.2 Å². The highest BCUT2D eigenvalue weighted by Gasteiger charge is 2.28. The second-order valence-corrected chi connectivity index (χ2v) is 6.95. The van der Waals surface area contributed by atoms with E-state index in [0.717, 1.165) is 12.8 Å². The van der Waals surface area contributed by atoms with E-state index < -0.39 is 0 Å². The molecule has 1 aliphatic rings. The van der Waals surface area contributed by atoms with Crippen LogP contribution in [0.3, 0.4) is 0 Å². The molecule has 0 bridgehead atoms. The van der Waals surface area contributed by atoms with Crippen molar-refractivity contribution >= 4 is 34.2 Å². The first-order chi connectivity index (χ1) is 12.6. The van der Waals surface area contributed by atoms with Crippen LogP contribution < -0.4 is 10.6 Å². The van der Waals surface area contributed by atoms with E-state index in [-0.39, 0.29) is 30.2 Å². The highest BCUT2D eigenvalue weighted by molar-refractivity contribution is 7.13. The van der Waals surface area contributed by atoms with Crippen molar-refractivity contribution in [2.75, 3.05) is 25.0 Å². The van der Waals surface area contributed by atoms with Gasteiger partial charge < -0.3 is 15.5 Å². The predicted octanol–water partition coefficient (Wildman–Crippen LogP) is 1.75. The number of aromatic nitrogens is 1. The molecule has 26 heavy (non-hydrogen) atoms. The monoisotopic (exact) mass is 372 g/mol. The first-order valence-electron chi connectivity index (χ1n) is 8.45. The van der Waals surface area contributed by atoms with Crippen molar-refractivity contribution in [1.82, 2.24) is 15.2 Å². The first-order valence-corrected chi connectivity index (χ1v) is 9.33. The number of likely N-dealkylation sites (tertiary alicyclic amines) is 1.